The fourth-order valence-corrected chi connectivity index (χ4v) is 3.77. The lowest BCUT2D eigenvalue weighted by Crippen LogP contribution is -2.29. The summed E-state index contributed by atoms with van der Waals surface area (Å²) in [5.41, 5.74) is 0. The van der Waals surface area contributed by atoms with Crippen molar-refractivity contribution in [1.82, 2.24) is 4.31 Å². The molecule has 0 bridgehead atoms. The van der Waals surface area contributed by atoms with Crippen molar-refractivity contribution >= 4 is 10.0 Å². The van der Waals surface area contributed by atoms with Gasteiger partial charge in [0.2, 0.25) is 10.0 Å². The molecule has 1 unspecified atom stereocenters. The zero-order valence-corrected chi connectivity index (χ0v) is 12.5. The van der Waals surface area contributed by atoms with Crippen LogP contribution in [0.1, 0.15) is 19.8 Å². The molecule has 1 aromatic rings. The molecule has 112 valence electrons. The molecule has 6 heteroatoms. The lowest BCUT2D eigenvalue weighted by Gasteiger charge is -2.16. The summed E-state index contributed by atoms with van der Waals surface area (Å²) in [5.74, 6) is 0.734. The van der Waals surface area contributed by atoms with Gasteiger partial charge in [-0.25, -0.2) is 8.42 Å². The van der Waals surface area contributed by atoms with Crippen LogP contribution in [0.3, 0.4) is 0 Å². The molecule has 0 aromatic heterocycles. The Morgan fingerprint density at radius 3 is 2.60 bits per heavy atom. The second-order valence-electron chi connectivity index (χ2n) is 5.02. The van der Waals surface area contributed by atoms with Gasteiger partial charge < -0.3 is 9.84 Å². The maximum atomic E-state index is 12.4. The minimum absolute atomic E-state index is 0.0375. The average molecular weight is 299 g/mol. The van der Waals surface area contributed by atoms with Gasteiger partial charge in [0.1, 0.15) is 5.75 Å². The number of sulfonamides is 1. The first kappa shape index (κ1) is 15.3. The third-order valence-electron chi connectivity index (χ3n) is 3.44. The van der Waals surface area contributed by atoms with Crippen LogP contribution in [0.5, 0.6) is 5.75 Å². The molecule has 5 nitrogen and oxygen atoms in total. The van der Waals surface area contributed by atoms with Crippen LogP contribution in [0.4, 0.5) is 0 Å². The van der Waals surface area contributed by atoms with E-state index in [1.165, 1.54) is 4.31 Å². The van der Waals surface area contributed by atoms with Gasteiger partial charge in [0.15, 0.2) is 0 Å². The van der Waals surface area contributed by atoms with Crippen molar-refractivity contribution in [2.24, 2.45) is 5.92 Å². The molecule has 1 N–H and O–H groups in total. The summed E-state index contributed by atoms with van der Waals surface area (Å²) < 4.78 is 31.7. The van der Waals surface area contributed by atoms with E-state index < -0.39 is 10.0 Å². The molecule has 1 aliphatic rings. The molecule has 0 aliphatic carbocycles. The van der Waals surface area contributed by atoms with E-state index in [1.54, 1.807) is 24.3 Å². The van der Waals surface area contributed by atoms with Crippen LogP contribution in [0.15, 0.2) is 29.2 Å². The van der Waals surface area contributed by atoms with Gasteiger partial charge in [0, 0.05) is 19.7 Å². The molecule has 1 aliphatic heterocycles. The zero-order chi connectivity index (χ0) is 14.6. The van der Waals surface area contributed by atoms with Gasteiger partial charge in [-0.05, 0) is 43.0 Å². The molecule has 20 heavy (non-hydrogen) atoms. The van der Waals surface area contributed by atoms with E-state index >= 15 is 0 Å². The van der Waals surface area contributed by atoms with Gasteiger partial charge in [-0.15, -0.1) is 0 Å². The Morgan fingerprint density at radius 1 is 1.35 bits per heavy atom. The van der Waals surface area contributed by atoms with Crippen molar-refractivity contribution in [3.63, 3.8) is 0 Å². The smallest absolute Gasteiger partial charge is 0.243 e. The number of ether oxygens (including phenoxy) is 1. The Balaban J connectivity index is 2.10. The highest BCUT2D eigenvalue weighted by atomic mass is 32.2. The first-order valence-corrected chi connectivity index (χ1v) is 8.35. The van der Waals surface area contributed by atoms with Crippen LogP contribution in [-0.4, -0.2) is 44.1 Å². The zero-order valence-electron chi connectivity index (χ0n) is 11.7. The van der Waals surface area contributed by atoms with Crippen molar-refractivity contribution in [3.8, 4) is 5.75 Å². The largest absolute Gasteiger partial charge is 0.494 e. The predicted molar refractivity (Wildman–Crippen MR) is 76.2 cm³/mol. The molecular weight excluding hydrogens is 278 g/mol. The highest BCUT2D eigenvalue weighted by Crippen LogP contribution is 2.25. The highest BCUT2D eigenvalue weighted by Gasteiger charge is 2.32. The molecule has 1 atom stereocenters. The quantitative estimate of drug-likeness (QED) is 0.864. The Kier molecular flexibility index (Phi) is 5.01. The normalized spacial score (nSPS) is 20.2. The van der Waals surface area contributed by atoms with Gasteiger partial charge in [0.25, 0.3) is 0 Å². The number of nitrogens with zero attached hydrogens (tertiary/aromatic N) is 1. The minimum atomic E-state index is -3.45. The van der Waals surface area contributed by atoms with Crippen molar-refractivity contribution in [3.05, 3.63) is 24.3 Å². The van der Waals surface area contributed by atoms with Crippen LogP contribution in [0.25, 0.3) is 0 Å². The highest BCUT2D eigenvalue weighted by molar-refractivity contribution is 7.89. The first-order valence-electron chi connectivity index (χ1n) is 6.91. The lowest BCUT2D eigenvalue weighted by atomic mass is 10.1. The molecule has 2 rings (SSSR count). The van der Waals surface area contributed by atoms with Gasteiger partial charge in [0.05, 0.1) is 11.5 Å². The average Bonchev–Trinajstić information content (AvgIpc) is 2.95. The topological polar surface area (TPSA) is 66.8 Å². The van der Waals surface area contributed by atoms with Gasteiger partial charge in [-0.1, -0.05) is 6.92 Å². The van der Waals surface area contributed by atoms with E-state index in [9.17, 15) is 8.42 Å². The van der Waals surface area contributed by atoms with Crippen LogP contribution >= 0.6 is 0 Å². The maximum absolute atomic E-state index is 12.4. The van der Waals surface area contributed by atoms with E-state index in [4.69, 9.17) is 9.84 Å². The maximum Gasteiger partial charge on any atom is 0.243 e. The summed E-state index contributed by atoms with van der Waals surface area (Å²) in [6.07, 6.45) is 1.63. The summed E-state index contributed by atoms with van der Waals surface area (Å²) in [7, 11) is -3.45. The summed E-state index contributed by atoms with van der Waals surface area (Å²) in [4.78, 5) is 0.278. The number of aliphatic hydroxyl groups excluding tert-OH is 1. The van der Waals surface area contributed by atoms with Crippen molar-refractivity contribution < 1.29 is 18.3 Å². The minimum Gasteiger partial charge on any atom is -0.494 e. The van der Waals surface area contributed by atoms with Gasteiger partial charge in [-0.3, -0.25) is 0 Å². The Hall–Kier alpha value is -1.11. The van der Waals surface area contributed by atoms with Crippen molar-refractivity contribution in [2.45, 2.75) is 24.7 Å². The molecule has 1 aromatic carbocycles. The fraction of sp³-hybridized carbons (Fsp3) is 0.571. The first-order chi connectivity index (χ1) is 9.57. The van der Waals surface area contributed by atoms with E-state index in [2.05, 4.69) is 0 Å². The predicted octanol–water partition coefficient (Wildman–Crippen LogP) is 1.48. The summed E-state index contributed by atoms with van der Waals surface area (Å²) >= 11 is 0. The Bertz CT molecular complexity index is 527. The van der Waals surface area contributed by atoms with Crippen LogP contribution in [0, 0.1) is 5.92 Å². The van der Waals surface area contributed by atoms with Crippen LogP contribution < -0.4 is 4.74 Å². The van der Waals surface area contributed by atoms with E-state index in [-0.39, 0.29) is 17.4 Å². The Morgan fingerprint density at radius 2 is 2.05 bits per heavy atom. The summed E-state index contributed by atoms with van der Waals surface area (Å²) in [5, 5.41) is 9.10. The van der Waals surface area contributed by atoms with E-state index in [0.29, 0.717) is 31.9 Å². The molecular formula is C14H21NO4S. The van der Waals surface area contributed by atoms with Crippen molar-refractivity contribution in [2.75, 3.05) is 26.3 Å². The summed E-state index contributed by atoms with van der Waals surface area (Å²) in [6.45, 7) is 3.55. The fourth-order valence-electron chi connectivity index (χ4n) is 2.24. The lowest BCUT2D eigenvalue weighted by molar-refractivity contribution is 0.233. The number of hydrogen-bond acceptors (Lipinski definition) is 4. The molecule has 0 amide bonds. The van der Waals surface area contributed by atoms with Crippen LogP contribution in [0.2, 0.25) is 0 Å². The van der Waals surface area contributed by atoms with Crippen molar-refractivity contribution in [1.29, 1.82) is 0 Å². The van der Waals surface area contributed by atoms with Gasteiger partial charge >= 0.3 is 0 Å². The molecule has 0 saturated carbocycles. The third-order valence-corrected chi connectivity index (χ3v) is 5.32. The number of hydrogen-bond donors (Lipinski definition) is 1. The number of benzene rings is 1. The van der Waals surface area contributed by atoms with E-state index in [0.717, 1.165) is 6.42 Å². The molecule has 1 heterocycles. The molecule has 1 saturated heterocycles. The number of rotatable bonds is 6. The van der Waals surface area contributed by atoms with Gasteiger partial charge in [-0.2, -0.15) is 4.31 Å². The molecule has 0 radical (unpaired) electrons. The summed E-state index contributed by atoms with van der Waals surface area (Å²) in [6, 6.07) is 6.52. The standard InChI is InChI=1S/C14H21NO4S/c1-2-9-19-13-3-5-14(6-4-13)20(17,18)15-8-7-12(10-15)11-16/h3-6,12,16H,2,7-11H2,1H3. The second-order valence-corrected chi connectivity index (χ2v) is 6.96. The number of aliphatic hydroxyl groups is 1. The second kappa shape index (κ2) is 6.56. The Labute approximate surface area is 120 Å². The SMILES string of the molecule is CCCOc1ccc(S(=O)(=O)N2CCC(CO)C2)cc1. The molecule has 0 spiro atoms. The van der Waals surface area contributed by atoms with E-state index in [1.807, 2.05) is 6.92 Å². The molecule has 1 fully saturated rings. The van der Waals surface area contributed by atoms with Crippen LogP contribution in [-0.2, 0) is 10.0 Å². The monoisotopic (exact) mass is 299 g/mol. The third kappa shape index (κ3) is 3.31.